The average Bonchev–Trinajstić information content (AvgIpc) is 3.16. The zero-order valence-corrected chi connectivity index (χ0v) is 12.5. The number of phenols is 1. The second-order valence-corrected chi connectivity index (χ2v) is 5.65. The SMILES string of the molecule is O=C(c1cc2occc2[nH]1)N1CCN(c2ccccc2O)CC1. The van der Waals surface area contributed by atoms with Crippen LogP contribution in [0.5, 0.6) is 5.75 Å². The van der Waals surface area contributed by atoms with Crippen LogP contribution in [0.1, 0.15) is 10.5 Å². The van der Waals surface area contributed by atoms with Gasteiger partial charge in [0, 0.05) is 38.3 Å². The van der Waals surface area contributed by atoms with E-state index >= 15 is 0 Å². The number of aromatic amines is 1. The molecule has 0 unspecified atom stereocenters. The highest BCUT2D eigenvalue weighted by Crippen LogP contribution is 2.27. The summed E-state index contributed by atoms with van der Waals surface area (Å²) in [5.41, 5.74) is 2.90. The fourth-order valence-electron chi connectivity index (χ4n) is 3.02. The fraction of sp³-hybridized carbons (Fsp3) is 0.235. The Bertz CT molecular complexity index is 815. The maximum atomic E-state index is 12.6. The molecule has 0 aliphatic carbocycles. The number of hydrogen-bond acceptors (Lipinski definition) is 4. The number of amides is 1. The summed E-state index contributed by atoms with van der Waals surface area (Å²) in [5, 5.41) is 9.94. The molecule has 3 heterocycles. The monoisotopic (exact) mass is 311 g/mol. The minimum Gasteiger partial charge on any atom is -0.506 e. The number of nitrogens with one attached hydrogen (secondary N) is 1. The van der Waals surface area contributed by atoms with E-state index in [0.717, 1.165) is 11.2 Å². The molecule has 0 spiro atoms. The maximum Gasteiger partial charge on any atom is 0.270 e. The molecule has 1 aliphatic rings. The molecule has 1 aromatic carbocycles. The zero-order valence-electron chi connectivity index (χ0n) is 12.5. The van der Waals surface area contributed by atoms with Crippen molar-refractivity contribution in [1.82, 2.24) is 9.88 Å². The zero-order chi connectivity index (χ0) is 15.8. The number of para-hydroxylation sites is 2. The number of carbonyl (C=O) groups excluding carboxylic acids is 1. The number of rotatable bonds is 2. The molecule has 1 saturated heterocycles. The number of benzene rings is 1. The van der Waals surface area contributed by atoms with E-state index in [0.29, 0.717) is 37.5 Å². The van der Waals surface area contributed by atoms with E-state index < -0.39 is 0 Å². The number of fused-ring (bicyclic) bond motifs is 1. The molecule has 118 valence electrons. The Morgan fingerprint density at radius 3 is 2.65 bits per heavy atom. The fourth-order valence-corrected chi connectivity index (χ4v) is 3.02. The van der Waals surface area contributed by atoms with Gasteiger partial charge in [-0.2, -0.15) is 0 Å². The van der Waals surface area contributed by atoms with Crippen LogP contribution in [0, 0.1) is 0 Å². The predicted octanol–water partition coefficient (Wildman–Crippen LogP) is 2.43. The Balaban J connectivity index is 1.46. The maximum absolute atomic E-state index is 12.6. The van der Waals surface area contributed by atoms with Crippen molar-refractivity contribution in [2.45, 2.75) is 0 Å². The van der Waals surface area contributed by atoms with Crippen molar-refractivity contribution in [2.75, 3.05) is 31.1 Å². The summed E-state index contributed by atoms with van der Waals surface area (Å²) >= 11 is 0. The van der Waals surface area contributed by atoms with Crippen LogP contribution >= 0.6 is 0 Å². The number of phenolic OH excluding ortho intramolecular Hbond substituents is 1. The number of carbonyl (C=O) groups is 1. The molecule has 1 fully saturated rings. The van der Waals surface area contributed by atoms with Crippen molar-refractivity contribution in [1.29, 1.82) is 0 Å². The quantitative estimate of drug-likeness (QED) is 0.762. The van der Waals surface area contributed by atoms with Gasteiger partial charge in [-0.1, -0.05) is 12.1 Å². The van der Waals surface area contributed by atoms with Crippen LogP contribution < -0.4 is 4.90 Å². The number of aromatic nitrogens is 1. The second-order valence-electron chi connectivity index (χ2n) is 5.65. The van der Waals surface area contributed by atoms with Crippen molar-refractivity contribution in [3.63, 3.8) is 0 Å². The lowest BCUT2D eigenvalue weighted by Gasteiger charge is -2.36. The summed E-state index contributed by atoms with van der Waals surface area (Å²) in [6, 6.07) is 10.8. The van der Waals surface area contributed by atoms with Gasteiger partial charge < -0.3 is 24.3 Å². The van der Waals surface area contributed by atoms with E-state index in [-0.39, 0.29) is 11.7 Å². The third kappa shape index (κ3) is 2.42. The van der Waals surface area contributed by atoms with Gasteiger partial charge in [-0.15, -0.1) is 0 Å². The van der Waals surface area contributed by atoms with Crippen molar-refractivity contribution < 1.29 is 14.3 Å². The highest BCUT2D eigenvalue weighted by atomic mass is 16.3. The number of H-pyrrole nitrogens is 1. The molecule has 6 heteroatoms. The van der Waals surface area contributed by atoms with Gasteiger partial charge >= 0.3 is 0 Å². The van der Waals surface area contributed by atoms with Crippen LogP contribution in [0.3, 0.4) is 0 Å². The molecule has 6 nitrogen and oxygen atoms in total. The van der Waals surface area contributed by atoms with Crippen LogP contribution in [-0.2, 0) is 0 Å². The average molecular weight is 311 g/mol. The van der Waals surface area contributed by atoms with Crippen molar-refractivity contribution >= 4 is 22.7 Å². The van der Waals surface area contributed by atoms with E-state index in [9.17, 15) is 9.90 Å². The number of nitrogens with zero attached hydrogens (tertiary/aromatic N) is 2. The Kier molecular flexibility index (Phi) is 3.22. The molecule has 0 radical (unpaired) electrons. The van der Waals surface area contributed by atoms with Crippen LogP contribution in [0.15, 0.2) is 47.1 Å². The van der Waals surface area contributed by atoms with Crippen LogP contribution in [0.2, 0.25) is 0 Å². The van der Waals surface area contributed by atoms with E-state index in [1.807, 2.05) is 23.1 Å². The van der Waals surface area contributed by atoms with Crippen molar-refractivity contribution in [3.8, 4) is 5.75 Å². The highest BCUT2D eigenvalue weighted by Gasteiger charge is 2.24. The molecule has 1 amide bonds. The first-order valence-electron chi connectivity index (χ1n) is 7.61. The van der Waals surface area contributed by atoms with Gasteiger partial charge in [0.05, 0.1) is 17.5 Å². The number of hydrogen-bond donors (Lipinski definition) is 2. The normalized spacial score (nSPS) is 15.3. The lowest BCUT2D eigenvalue weighted by molar-refractivity contribution is 0.0741. The van der Waals surface area contributed by atoms with Gasteiger partial charge in [0.1, 0.15) is 11.4 Å². The molecule has 0 atom stereocenters. The second kappa shape index (κ2) is 5.39. The summed E-state index contributed by atoms with van der Waals surface area (Å²) in [6.07, 6.45) is 1.60. The lowest BCUT2D eigenvalue weighted by Crippen LogP contribution is -2.48. The van der Waals surface area contributed by atoms with Gasteiger partial charge in [-0.25, -0.2) is 0 Å². The summed E-state index contributed by atoms with van der Waals surface area (Å²) in [5.74, 6) is 0.255. The summed E-state index contributed by atoms with van der Waals surface area (Å²) < 4.78 is 5.29. The first-order valence-corrected chi connectivity index (χ1v) is 7.61. The van der Waals surface area contributed by atoms with E-state index in [2.05, 4.69) is 9.88 Å². The molecule has 3 aromatic rings. The van der Waals surface area contributed by atoms with E-state index in [4.69, 9.17) is 4.42 Å². The Morgan fingerprint density at radius 1 is 1.13 bits per heavy atom. The molecule has 4 rings (SSSR count). The molecule has 1 aliphatic heterocycles. The predicted molar refractivity (Wildman–Crippen MR) is 86.8 cm³/mol. The van der Waals surface area contributed by atoms with Gasteiger partial charge in [-0.05, 0) is 12.1 Å². The van der Waals surface area contributed by atoms with Gasteiger partial charge in [-0.3, -0.25) is 4.79 Å². The molecule has 2 aromatic heterocycles. The molecular weight excluding hydrogens is 294 g/mol. The lowest BCUT2D eigenvalue weighted by atomic mass is 10.2. The Morgan fingerprint density at radius 2 is 1.91 bits per heavy atom. The van der Waals surface area contributed by atoms with Gasteiger partial charge in [0.15, 0.2) is 5.58 Å². The highest BCUT2D eigenvalue weighted by molar-refractivity contribution is 5.97. The van der Waals surface area contributed by atoms with Crippen LogP contribution in [-0.4, -0.2) is 47.1 Å². The van der Waals surface area contributed by atoms with E-state index in [1.165, 1.54) is 0 Å². The van der Waals surface area contributed by atoms with Crippen LogP contribution in [0.25, 0.3) is 11.1 Å². The molecule has 0 bridgehead atoms. The minimum absolute atomic E-state index is 0.0201. The topological polar surface area (TPSA) is 72.7 Å². The third-order valence-electron chi connectivity index (χ3n) is 4.26. The van der Waals surface area contributed by atoms with Crippen LogP contribution in [0.4, 0.5) is 5.69 Å². The summed E-state index contributed by atoms with van der Waals surface area (Å²) in [4.78, 5) is 19.6. The van der Waals surface area contributed by atoms with Gasteiger partial charge in [0.25, 0.3) is 5.91 Å². The number of furan rings is 1. The third-order valence-corrected chi connectivity index (χ3v) is 4.26. The Hall–Kier alpha value is -2.89. The minimum atomic E-state index is -0.0201. The number of piperazine rings is 1. The smallest absolute Gasteiger partial charge is 0.270 e. The first-order chi connectivity index (χ1) is 11.2. The standard InChI is InChI=1S/C17H17N3O3/c21-15-4-2-1-3-14(15)19-6-8-20(9-7-19)17(22)13-11-16-12(18-13)5-10-23-16/h1-5,10-11,18,21H,6-9H2. The molecule has 2 N–H and O–H groups in total. The number of aromatic hydroxyl groups is 1. The summed E-state index contributed by atoms with van der Waals surface area (Å²) in [6.45, 7) is 2.63. The first kappa shape index (κ1) is 13.8. The summed E-state index contributed by atoms with van der Waals surface area (Å²) in [7, 11) is 0. The molecule has 0 saturated carbocycles. The number of anilines is 1. The molecule has 23 heavy (non-hydrogen) atoms. The van der Waals surface area contributed by atoms with E-state index in [1.54, 1.807) is 24.5 Å². The Labute approximate surface area is 132 Å². The van der Waals surface area contributed by atoms with Crippen molar-refractivity contribution in [3.05, 3.63) is 48.4 Å². The molecular formula is C17H17N3O3. The van der Waals surface area contributed by atoms with Crippen molar-refractivity contribution in [2.24, 2.45) is 0 Å². The van der Waals surface area contributed by atoms with Gasteiger partial charge in [0.2, 0.25) is 0 Å². The largest absolute Gasteiger partial charge is 0.506 e.